The number of Topliss-reactive ketones (excluding diaryl/α,β-unsaturated/α-hetero) is 1. The molecule has 1 atom stereocenters. The largest absolute Gasteiger partial charge is 0.456 e. The summed E-state index contributed by atoms with van der Waals surface area (Å²) in [6.45, 7) is 6.91. The van der Waals surface area contributed by atoms with E-state index in [0.717, 1.165) is 12.1 Å². The number of hydrogen-bond donors (Lipinski definition) is 1. The summed E-state index contributed by atoms with van der Waals surface area (Å²) in [5.74, 6) is -0.636. The van der Waals surface area contributed by atoms with Gasteiger partial charge in [-0.2, -0.15) is 0 Å². The molecule has 8 nitrogen and oxygen atoms in total. The smallest absolute Gasteiger partial charge is 0.325 e. The lowest BCUT2D eigenvalue weighted by Crippen LogP contribution is -2.31. The highest BCUT2D eigenvalue weighted by atomic mass is 32.2. The third kappa shape index (κ3) is 6.42. The number of ether oxygens (including phenoxy) is 1. The summed E-state index contributed by atoms with van der Waals surface area (Å²) < 4.78 is 30.4. The number of nitrogens with zero attached hydrogens (tertiary/aromatic N) is 1. The van der Waals surface area contributed by atoms with Crippen LogP contribution in [0, 0.1) is 19.8 Å². The van der Waals surface area contributed by atoms with Crippen LogP contribution in [-0.4, -0.2) is 55.3 Å². The van der Waals surface area contributed by atoms with Gasteiger partial charge in [0.2, 0.25) is 11.7 Å². The molecule has 1 fully saturated rings. The van der Waals surface area contributed by atoms with E-state index in [2.05, 4.69) is 5.32 Å². The van der Waals surface area contributed by atoms with Gasteiger partial charge in [-0.05, 0) is 38.7 Å². The molecule has 0 aromatic carbocycles. The Kier molecular flexibility index (Phi) is 7.62. The predicted molar refractivity (Wildman–Crippen MR) is 109 cm³/mol. The first-order valence-corrected chi connectivity index (χ1v) is 11.7. The third-order valence-electron chi connectivity index (χ3n) is 5.10. The number of hydrogen-bond acceptors (Lipinski definition) is 6. The third-order valence-corrected chi connectivity index (χ3v) is 6.85. The molecule has 1 aliphatic heterocycles. The van der Waals surface area contributed by atoms with E-state index in [1.54, 1.807) is 13.0 Å². The summed E-state index contributed by atoms with van der Waals surface area (Å²) in [5, 5.41) is 2.48. The summed E-state index contributed by atoms with van der Waals surface area (Å²) in [6.07, 6.45) is 1.60. The van der Waals surface area contributed by atoms with Crippen molar-refractivity contribution in [3.05, 3.63) is 23.0 Å². The minimum atomic E-state index is -3.04. The van der Waals surface area contributed by atoms with E-state index in [0.29, 0.717) is 30.0 Å². The molecule has 1 aromatic rings. The number of carbonyl (C=O) groups is 3. The molecule has 0 spiro atoms. The number of ketones is 1. The maximum Gasteiger partial charge on any atom is 0.325 e. The van der Waals surface area contributed by atoms with Gasteiger partial charge < -0.3 is 14.6 Å². The first-order chi connectivity index (χ1) is 13.5. The van der Waals surface area contributed by atoms with Crippen LogP contribution in [0.15, 0.2) is 6.07 Å². The zero-order chi connectivity index (χ0) is 21.8. The summed E-state index contributed by atoms with van der Waals surface area (Å²) in [5.41, 5.74) is 1.89. The van der Waals surface area contributed by atoms with Crippen LogP contribution in [0.25, 0.3) is 0 Å². The summed E-state index contributed by atoms with van der Waals surface area (Å²) >= 11 is 0. The molecule has 9 heteroatoms. The normalized spacial score (nSPS) is 18.0. The number of sulfone groups is 1. The van der Waals surface area contributed by atoms with Gasteiger partial charge >= 0.3 is 5.97 Å². The lowest BCUT2D eigenvalue weighted by Gasteiger charge is -2.16. The molecule has 1 aromatic heterocycles. The van der Waals surface area contributed by atoms with Crippen LogP contribution in [0.2, 0.25) is 0 Å². The van der Waals surface area contributed by atoms with Crippen LogP contribution < -0.4 is 5.32 Å². The molecule has 1 aliphatic rings. The first kappa shape index (κ1) is 23.1. The average Bonchev–Trinajstić information content (AvgIpc) is 3.14. The lowest BCUT2D eigenvalue weighted by molar-refractivity contribution is -0.142. The Morgan fingerprint density at radius 2 is 1.97 bits per heavy atom. The van der Waals surface area contributed by atoms with Gasteiger partial charge in [-0.1, -0.05) is 13.8 Å². The number of aryl methyl sites for hydroxylation is 1. The zero-order valence-corrected chi connectivity index (χ0v) is 18.3. The maximum atomic E-state index is 12.5. The molecule has 2 heterocycles. The maximum absolute atomic E-state index is 12.5. The Labute approximate surface area is 171 Å². The molecular formula is C20H30N2O6S. The van der Waals surface area contributed by atoms with Crippen LogP contribution >= 0.6 is 0 Å². The van der Waals surface area contributed by atoms with Crippen molar-refractivity contribution in [1.82, 2.24) is 9.88 Å². The van der Waals surface area contributed by atoms with Crippen molar-refractivity contribution in [2.75, 3.05) is 24.7 Å². The highest BCUT2D eigenvalue weighted by Crippen LogP contribution is 2.29. The molecule has 0 aliphatic carbocycles. The Hall–Kier alpha value is -2.16. The topological polar surface area (TPSA) is 112 Å². The van der Waals surface area contributed by atoms with Crippen LogP contribution in [-0.2, 0) is 24.2 Å². The standard InChI is InChI=1S/C20H30N2O6S/c1-13(2)5-6-19(24)21-10-20(25)28-11-18(23)17-9-14(3)22(15(17)4)16-7-8-29(26,27)12-16/h9,13,16H,5-8,10-12H2,1-4H3,(H,21,24). The number of aromatic nitrogens is 1. The van der Waals surface area contributed by atoms with Crippen LogP contribution in [0.5, 0.6) is 0 Å². The van der Waals surface area contributed by atoms with Gasteiger partial charge in [-0.15, -0.1) is 0 Å². The minimum Gasteiger partial charge on any atom is -0.456 e. The monoisotopic (exact) mass is 426 g/mol. The van der Waals surface area contributed by atoms with Gasteiger partial charge in [-0.3, -0.25) is 14.4 Å². The number of nitrogens with one attached hydrogen (secondary N) is 1. The fourth-order valence-electron chi connectivity index (χ4n) is 3.55. The quantitative estimate of drug-likeness (QED) is 0.476. The summed E-state index contributed by atoms with van der Waals surface area (Å²) in [7, 11) is -3.04. The molecule has 2 rings (SSSR count). The second-order valence-electron chi connectivity index (χ2n) is 8.00. The van der Waals surface area contributed by atoms with Crippen molar-refractivity contribution in [3.8, 4) is 0 Å². The van der Waals surface area contributed by atoms with E-state index in [4.69, 9.17) is 4.74 Å². The van der Waals surface area contributed by atoms with Crippen LogP contribution in [0.3, 0.4) is 0 Å². The predicted octanol–water partition coefficient (Wildman–Crippen LogP) is 1.74. The van der Waals surface area contributed by atoms with Gasteiger partial charge in [0, 0.05) is 29.4 Å². The van der Waals surface area contributed by atoms with Crippen molar-refractivity contribution in [2.24, 2.45) is 5.92 Å². The molecule has 0 saturated carbocycles. The van der Waals surface area contributed by atoms with Gasteiger partial charge in [0.1, 0.15) is 6.54 Å². The molecule has 1 unspecified atom stereocenters. The van der Waals surface area contributed by atoms with E-state index in [-0.39, 0.29) is 35.8 Å². The molecule has 1 saturated heterocycles. The zero-order valence-electron chi connectivity index (χ0n) is 17.5. The van der Waals surface area contributed by atoms with Gasteiger partial charge in [-0.25, -0.2) is 8.42 Å². The molecule has 162 valence electrons. The SMILES string of the molecule is Cc1cc(C(=O)COC(=O)CNC(=O)CCC(C)C)c(C)n1C1CCS(=O)(=O)C1. The van der Waals surface area contributed by atoms with Gasteiger partial charge in [0.05, 0.1) is 11.5 Å². The van der Waals surface area contributed by atoms with E-state index in [1.807, 2.05) is 25.3 Å². The molecule has 1 amide bonds. The van der Waals surface area contributed by atoms with E-state index < -0.39 is 22.4 Å². The van der Waals surface area contributed by atoms with Crippen molar-refractivity contribution >= 4 is 27.5 Å². The Morgan fingerprint density at radius 1 is 1.28 bits per heavy atom. The van der Waals surface area contributed by atoms with E-state index in [1.165, 1.54) is 0 Å². The fourth-order valence-corrected chi connectivity index (χ4v) is 5.25. The number of carbonyl (C=O) groups excluding carboxylic acids is 3. The van der Waals surface area contributed by atoms with E-state index >= 15 is 0 Å². The number of esters is 1. The van der Waals surface area contributed by atoms with Crippen molar-refractivity contribution < 1.29 is 27.5 Å². The summed E-state index contributed by atoms with van der Waals surface area (Å²) in [4.78, 5) is 35.9. The van der Waals surface area contributed by atoms with Gasteiger partial charge in [0.25, 0.3) is 0 Å². The molecule has 1 N–H and O–H groups in total. The van der Waals surface area contributed by atoms with Crippen molar-refractivity contribution in [3.63, 3.8) is 0 Å². The highest BCUT2D eigenvalue weighted by molar-refractivity contribution is 7.91. The lowest BCUT2D eigenvalue weighted by atomic mass is 10.1. The minimum absolute atomic E-state index is 0.0719. The number of amides is 1. The fraction of sp³-hybridized carbons (Fsp3) is 0.650. The highest BCUT2D eigenvalue weighted by Gasteiger charge is 2.31. The average molecular weight is 427 g/mol. The Morgan fingerprint density at radius 3 is 2.55 bits per heavy atom. The van der Waals surface area contributed by atoms with Crippen molar-refractivity contribution in [1.29, 1.82) is 0 Å². The second-order valence-corrected chi connectivity index (χ2v) is 10.2. The van der Waals surface area contributed by atoms with Crippen molar-refractivity contribution in [2.45, 2.75) is 53.0 Å². The first-order valence-electron chi connectivity index (χ1n) is 9.84. The summed E-state index contributed by atoms with van der Waals surface area (Å²) in [6, 6.07) is 1.52. The van der Waals surface area contributed by atoms with E-state index in [9.17, 15) is 22.8 Å². The molecular weight excluding hydrogens is 396 g/mol. The second kappa shape index (κ2) is 9.56. The molecule has 0 radical (unpaired) electrons. The van der Waals surface area contributed by atoms with Crippen LogP contribution in [0.1, 0.15) is 60.9 Å². The number of rotatable bonds is 9. The van der Waals surface area contributed by atoms with Gasteiger partial charge in [0.15, 0.2) is 16.4 Å². The molecule has 29 heavy (non-hydrogen) atoms. The van der Waals surface area contributed by atoms with Crippen LogP contribution in [0.4, 0.5) is 0 Å². The molecule has 0 bridgehead atoms. The Balaban J connectivity index is 1.89. The Bertz CT molecular complexity index is 885.